The van der Waals surface area contributed by atoms with E-state index in [-0.39, 0.29) is 18.8 Å². The van der Waals surface area contributed by atoms with Crippen molar-refractivity contribution in [3.05, 3.63) is 63.5 Å². The van der Waals surface area contributed by atoms with Gasteiger partial charge in [-0.3, -0.25) is 18.7 Å². The van der Waals surface area contributed by atoms with Crippen LogP contribution in [0.3, 0.4) is 0 Å². The number of fused-ring (bicyclic) bond motifs is 1. The van der Waals surface area contributed by atoms with E-state index in [4.69, 9.17) is 16.3 Å². The molecule has 0 saturated heterocycles. The van der Waals surface area contributed by atoms with E-state index in [1.54, 1.807) is 61.1 Å². The Morgan fingerprint density at radius 2 is 1.77 bits per heavy atom. The van der Waals surface area contributed by atoms with Crippen LogP contribution in [0.5, 0.6) is 5.75 Å². The van der Waals surface area contributed by atoms with Crippen molar-refractivity contribution >= 4 is 40.7 Å². The first kappa shape index (κ1) is 21.1. The molecule has 2 amide bonds. The highest BCUT2D eigenvalue weighted by Crippen LogP contribution is 2.15. The van der Waals surface area contributed by atoms with Crippen LogP contribution in [-0.4, -0.2) is 40.3 Å². The molecule has 0 saturated carbocycles. The number of amides is 2. The summed E-state index contributed by atoms with van der Waals surface area (Å²) in [5, 5.41) is 6.88. The van der Waals surface area contributed by atoms with E-state index in [2.05, 4.69) is 15.8 Å². The zero-order valence-electron chi connectivity index (χ0n) is 16.4. The molecule has 0 unspecified atom stereocenters. The van der Waals surface area contributed by atoms with Crippen molar-refractivity contribution in [2.45, 2.75) is 0 Å². The topological polar surface area (TPSA) is 107 Å². The summed E-state index contributed by atoms with van der Waals surface area (Å²) >= 11 is 5.77. The van der Waals surface area contributed by atoms with Crippen LogP contribution in [0.2, 0.25) is 5.02 Å². The van der Waals surface area contributed by atoms with Crippen LogP contribution in [0.25, 0.3) is 11.0 Å². The fourth-order valence-corrected chi connectivity index (χ4v) is 2.86. The molecule has 30 heavy (non-hydrogen) atoms. The Kier molecular flexibility index (Phi) is 6.53. The Bertz CT molecular complexity index is 1160. The summed E-state index contributed by atoms with van der Waals surface area (Å²) in [6.45, 7) is -0.472. The molecule has 0 atom stereocenters. The van der Waals surface area contributed by atoms with Crippen LogP contribution in [-0.2, 0) is 23.7 Å². The number of imidazole rings is 1. The van der Waals surface area contributed by atoms with Gasteiger partial charge in [-0.2, -0.15) is 5.10 Å². The molecule has 0 aliphatic heterocycles. The third-order valence-electron chi connectivity index (χ3n) is 4.33. The zero-order chi connectivity index (χ0) is 21.7. The van der Waals surface area contributed by atoms with Gasteiger partial charge in [-0.05, 0) is 42.0 Å². The minimum Gasteiger partial charge on any atom is -0.484 e. The molecule has 10 heteroatoms. The number of hydrogen-bond donors (Lipinski definition) is 2. The molecule has 3 rings (SSSR count). The van der Waals surface area contributed by atoms with E-state index < -0.39 is 11.8 Å². The molecule has 1 heterocycles. The highest BCUT2D eigenvalue weighted by Gasteiger charge is 2.08. The van der Waals surface area contributed by atoms with Crippen molar-refractivity contribution in [1.82, 2.24) is 19.9 Å². The number of halogens is 1. The number of hydrogen-bond acceptors (Lipinski definition) is 5. The number of hydrazone groups is 1. The lowest BCUT2D eigenvalue weighted by Crippen LogP contribution is -2.37. The van der Waals surface area contributed by atoms with Crippen molar-refractivity contribution in [3.63, 3.8) is 0 Å². The Labute approximate surface area is 176 Å². The van der Waals surface area contributed by atoms with Crippen molar-refractivity contribution in [2.24, 2.45) is 19.2 Å². The third-order valence-corrected chi connectivity index (χ3v) is 4.58. The van der Waals surface area contributed by atoms with Crippen LogP contribution >= 0.6 is 11.6 Å². The van der Waals surface area contributed by atoms with Crippen LogP contribution in [0.4, 0.5) is 0 Å². The molecule has 0 fully saturated rings. The van der Waals surface area contributed by atoms with Gasteiger partial charge >= 0.3 is 5.69 Å². The van der Waals surface area contributed by atoms with E-state index in [9.17, 15) is 14.4 Å². The maximum absolute atomic E-state index is 12.0. The first-order valence-electron chi connectivity index (χ1n) is 8.97. The molecule has 3 aromatic rings. The van der Waals surface area contributed by atoms with E-state index in [0.717, 1.165) is 11.0 Å². The van der Waals surface area contributed by atoms with Crippen LogP contribution in [0.1, 0.15) is 5.56 Å². The molecule has 156 valence electrons. The molecule has 0 aliphatic carbocycles. The molecular weight excluding hydrogens is 410 g/mol. The Hall–Kier alpha value is -3.59. The van der Waals surface area contributed by atoms with Crippen molar-refractivity contribution in [3.8, 4) is 5.75 Å². The lowest BCUT2D eigenvalue weighted by atomic mass is 10.2. The second-order valence-electron chi connectivity index (χ2n) is 6.46. The van der Waals surface area contributed by atoms with E-state index >= 15 is 0 Å². The van der Waals surface area contributed by atoms with Gasteiger partial charge in [0, 0.05) is 19.1 Å². The second-order valence-corrected chi connectivity index (χ2v) is 6.90. The lowest BCUT2D eigenvalue weighted by Gasteiger charge is -2.07. The minimum absolute atomic E-state index is 0.122. The van der Waals surface area contributed by atoms with Gasteiger partial charge in [0.05, 0.1) is 23.8 Å². The van der Waals surface area contributed by atoms with Gasteiger partial charge in [-0.1, -0.05) is 17.7 Å². The lowest BCUT2D eigenvalue weighted by molar-refractivity contribution is -0.127. The van der Waals surface area contributed by atoms with Gasteiger partial charge in [0.25, 0.3) is 11.8 Å². The number of rotatable bonds is 7. The van der Waals surface area contributed by atoms with Gasteiger partial charge in [0.1, 0.15) is 5.75 Å². The minimum atomic E-state index is -0.487. The number of aryl methyl sites for hydroxylation is 2. The predicted octanol–water partition coefficient (Wildman–Crippen LogP) is 1.18. The largest absolute Gasteiger partial charge is 0.484 e. The van der Waals surface area contributed by atoms with Crippen molar-refractivity contribution in [2.75, 3.05) is 13.2 Å². The molecular formula is C20H20ClN5O4. The third kappa shape index (κ3) is 5.06. The standard InChI is InChI=1S/C20H20ClN5O4/c1-25-16-8-3-13(9-17(16)26(2)20(25)29)10-23-24-18(27)11-22-19(28)12-30-15-6-4-14(21)5-7-15/h3-10H,11-12H2,1-2H3,(H,22,28)(H,24,27)/b23-10+. The average molecular weight is 430 g/mol. The summed E-state index contributed by atoms with van der Waals surface area (Å²) in [7, 11) is 3.39. The first-order chi connectivity index (χ1) is 14.3. The predicted molar refractivity (Wildman–Crippen MR) is 114 cm³/mol. The first-order valence-corrected chi connectivity index (χ1v) is 9.35. The fraction of sp³-hybridized carbons (Fsp3) is 0.200. The Morgan fingerprint density at radius 3 is 2.50 bits per heavy atom. The average Bonchev–Trinajstić information content (AvgIpc) is 2.95. The van der Waals surface area contributed by atoms with Crippen LogP contribution in [0.15, 0.2) is 52.4 Å². The highest BCUT2D eigenvalue weighted by atomic mass is 35.5. The summed E-state index contributed by atoms with van der Waals surface area (Å²) < 4.78 is 8.38. The van der Waals surface area contributed by atoms with Crippen molar-refractivity contribution in [1.29, 1.82) is 0 Å². The molecule has 0 aliphatic rings. The van der Waals surface area contributed by atoms with Gasteiger partial charge in [0.2, 0.25) is 0 Å². The van der Waals surface area contributed by atoms with Gasteiger partial charge in [0.15, 0.2) is 6.61 Å². The van der Waals surface area contributed by atoms with Crippen LogP contribution in [0, 0.1) is 0 Å². The SMILES string of the molecule is Cn1c(=O)n(C)c2cc(/C=N/NC(=O)CNC(=O)COc3ccc(Cl)cc3)ccc21. The number of benzene rings is 2. The molecule has 2 aromatic carbocycles. The Morgan fingerprint density at radius 1 is 1.07 bits per heavy atom. The van der Waals surface area contributed by atoms with E-state index in [1.165, 1.54) is 10.8 Å². The summed E-state index contributed by atoms with van der Waals surface area (Å²) in [6.07, 6.45) is 1.46. The van der Waals surface area contributed by atoms with Gasteiger partial charge in [-0.15, -0.1) is 0 Å². The number of ether oxygens (including phenoxy) is 1. The molecule has 0 spiro atoms. The molecule has 2 N–H and O–H groups in total. The number of carbonyl (C=O) groups excluding carboxylic acids is 2. The number of nitrogens with one attached hydrogen (secondary N) is 2. The van der Waals surface area contributed by atoms with Crippen molar-refractivity contribution < 1.29 is 14.3 Å². The summed E-state index contributed by atoms with van der Waals surface area (Å²) in [4.78, 5) is 35.5. The second kappa shape index (κ2) is 9.27. The normalized spacial score (nSPS) is 11.0. The fourth-order valence-electron chi connectivity index (χ4n) is 2.73. The van der Waals surface area contributed by atoms with Gasteiger partial charge in [-0.25, -0.2) is 10.2 Å². The molecule has 0 radical (unpaired) electrons. The summed E-state index contributed by atoms with van der Waals surface area (Å²) in [5.41, 5.74) is 4.48. The molecule has 1 aromatic heterocycles. The van der Waals surface area contributed by atoms with E-state index in [0.29, 0.717) is 16.3 Å². The molecule has 9 nitrogen and oxygen atoms in total. The van der Waals surface area contributed by atoms with E-state index in [1.807, 2.05) is 0 Å². The maximum atomic E-state index is 12.0. The quantitative estimate of drug-likeness (QED) is 0.434. The summed E-state index contributed by atoms with van der Waals surface area (Å²) in [5.74, 6) is -0.435. The highest BCUT2D eigenvalue weighted by molar-refractivity contribution is 6.30. The Balaban J connectivity index is 1.46. The molecule has 0 bridgehead atoms. The number of aromatic nitrogens is 2. The summed E-state index contributed by atoms with van der Waals surface area (Å²) in [6, 6.07) is 12.0. The van der Waals surface area contributed by atoms with Gasteiger partial charge < -0.3 is 10.1 Å². The van der Waals surface area contributed by atoms with Crippen LogP contribution < -0.4 is 21.2 Å². The monoisotopic (exact) mass is 429 g/mol. The number of carbonyl (C=O) groups is 2. The number of nitrogens with zero attached hydrogens (tertiary/aromatic N) is 3. The maximum Gasteiger partial charge on any atom is 0.328 e. The zero-order valence-corrected chi connectivity index (χ0v) is 17.1. The smallest absolute Gasteiger partial charge is 0.328 e.